The van der Waals surface area contributed by atoms with Crippen LogP contribution in [0, 0.1) is 22.9 Å². The van der Waals surface area contributed by atoms with Gasteiger partial charge in [0, 0.05) is 11.8 Å². The quantitative estimate of drug-likeness (QED) is 0.662. The number of nitro groups is 1. The van der Waals surface area contributed by atoms with Crippen molar-refractivity contribution in [3.05, 3.63) is 57.7 Å². The molecule has 6 nitrogen and oxygen atoms in total. The molecule has 0 aliphatic carbocycles. The van der Waals surface area contributed by atoms with Crippen LogP contribution in [0.4, 0.5) is 15.8 Å². The number of nitrogens with zero attached hydrogens (tertiary/aromatic N) is 2. The first kappa shape index (κ1) is 13.7. The molecule has 7 heteroatoms. The van der Waals surface area contributed by atoms with E-state index in [0.717, 1.165) is 11.8 Å². The minimum Gasteiger partial charge on any atom is -0.506 e. The molecular formula is C13H12FN3O3. The van der Waals surface area contributed by atoms with Crippen LogP contribution in [0.15, 0.2) is 30.3 Å². The number of rotatable bonds is 4. The monoisotopic (exact) mass is 277 g/mol. The molecule has 0 radical (unpaired) electrons. The van der Waals surface area contributed by atoms with Gasteiger partial charge in [0.1, 0.15) is 11.4 Å². The highest BCUT2D eigenvalue weighted by atomic mass is 19.1. The second kappa shape index (κ2) is 5.52. The van der Waals surface area contributed by atoms with E-state index in [4.69, 9.17) is 0 Å². The summed E-state index contributed by atoms with van der Waals surface area (Å²) >= 11 is 0. The SMILES string of the molecule is Cc1ccc(O)c(CNc2ccc([N+](=O)[O-])cc2F)n1. The molecule has 2 rings (SSSR count). The van der Waals surface area contributed by atoms with Crippen LogP contribution in [-0.4, -0.2) is 15.0 Å². The largest absolute Gasteiger partial charge is 0.506 e. The summed E-state index contributed by atoms with van der Waals surface area (Å²) < 4.78 is 13.6. The van der Waals surface area contributed by atoms with Gasteiger partial charge in [0.15, 0.2) is 5.82 Å². The maximum Gasteiger partial charge on any atom is 0.272 e. The van der Waals surface area contributed by atoms with Crippen LogP contribution < -0.4 is 5.32 Å². The molecule has 2 aromatic rings. The van der Waals surface area contributed by atoms with E-state index in [9.17, 15) is 19.6 Å². The number of hydrogen-bond donors (Lipinski definition) is 2. The molecule has 0 bridgehead atoms. The van der Waals surface area contributed by atoms with Crippen LogP contribution in [0.25, 0.3) is 0 Å². The molecule has 0 aliphatic rings. The van der Waals surface area contributed by atoms with Crippen LogP contribution in [0.2, 0.25) is 0 Å². The number of anilines is 1. The van der Waals surface area contributed by atoms with E-state index in [1.807, 2.05) is 0 Å². The number of hydrogen-bond acceptors (Lipinski definition) is 5. The first-order valence-corrected chi connectivity index (χ1v) is 5.80. The van der Waals surface area contributed by atoms with Crippen LogP contribution in [0.1, 0.15) is 11.4 Å². The lowest BCUT2D eigenvalue weighted by Gasteiger charge is -2.09. The lowest BCUT2D eigenvalue weighted by molar-refractivity contribution is -0.385. The molecule has 2 N–H and O–H groups in total. The van der Waals surface area contributed by atoms with Crippen molar-refractivity contribution in [3.63, 3.8) is 0 Å². The summed E-state index contributed by atoms with van der Waals surface area (Å²) in [5, 5.41) is 22.9. The Hall–Kier alpha value is -2.70. The number of nitrogens with one attached hydrogen (secondary N) is 1. The van der Waals surface area contributed by atoms with E-state index in [-0.39, 0.29) is 23.7 Å². The van der Waals surface area contributed by atoms with Crippen molar-refractivity contribution in [3.8, 4) is 5.75 Å². The molecule has 0 fully saturated rings. The summed E-state index contributed by atoms with van der Waals surface area (Å²) in [4.78, 5) is 14.0. The van der Waals surface area contributed by atoms with Crippen molar-refractivity contribution in [2.45, 2.75) is 13.5 Å². The van der Waals surface area contributed by atoms with E-state index < -0.39 is 10.7 Å². The second-order valence-corrected chi connectivity index (χ2v) is 4.19. The van der Waals surface area contributed by atoms with Crippen LogP contribution >= 0.6 is 0 Å². The third kappa shape index (κ3) is 3.00. The van der Waals surface area contributed by atoms with Crippen molar-refractivity contribution in [1.82, 2.24) is 4.98 Å². The lowest BCUT2D eigenvalue weighted by atomic mass is 10.2. The van der Waals surface area contributed by atoms with Crippen LogP contribution in [-0.2, 0) is 6.54 Å². The number of aromatic nitrogens is 1. The van der Waals surface area contributed by atoms with Gasteiger partial charge in [-0.1, -0.05) is 0 Å². The molecule has 104 valence electrons. The molecule has 1 aromatic heterocycles. The predicted octanol–water partition coefficient (Wildman–Crippen LogP) is 2.76. The summed E-state index contributed by atoms with van der Waals surface area (Å²) in [6.45, 7) is 1.89. The van der Waals surface area contributed by atoms with Gasteiger partial charge in [-0.3, -0.25) is 15.1 Å². The van der Waals surface area contributed by atoms with Crippen LogP contribution in [0.3, 0.4) is 0 Å². The molecule has 0 saturated carbocycles. The molecule has 0 aliphatic heterocycles. The summed E-state index contributed by atoms with van der Waals surface area (Å²) in [6, 6.07) is 6.48. The second-order valence-electron chi connectivity index (χ2n) is 4.19. The summed E-state index contributed by atoms with van der Waals surface area (Å²) in [7, 11) is 0. The van der Waals surface area contributed by atoms with Gasteiger partial charge >= 0.3 is 0 Å². The Balaban J connectivity index is 2.15. The predicted molar refractivity (Wildman–Crippen MR) is 71.0 cm³/mol. The first-order valence-electron chi connectivity index (χ1n) is 5.80. The van der Waals surface area contributed by atoms with Crippen molar-refractivity contribution >= 4 is 11.4 Å². The Morgan fingerprint density at radius 1 is 1.40 bits per heavy atom. The van der Waals surface area contributed by atoms with Gasteiger partial charge < -0.3 is 10.4 Å². The number of aromatic hydroxyl groups is 1. The van der Waals surface area contributed by atoms with Crippen molar-refractivity contribution < 1.29 is 14.4 Å². The fraction of sp³-hybridized carbons (Fsp3) is 0.154. The lowest BCUT2D eigenvalue weighted by Crippen LogP contribution is -2.04. The van der Waals surface area contributed by atoms with E-state index in [2.05, 4.69) is 10.3 Å². The third-order valence-electron chi connectivity index (χ3n) is 2.70. The molecule has 20 heavy (non-hydrogen) atoms. The minimum atomic E-state index is -0.730. The average Bonchev–Trinajstić information content (AvgIpc) is 2.40. The van der Waals surface area contributed by atoms with Gasteiger partial charge in [-0.15, -0.1) is 0 Å². The Labute approximate surface area is 114 Å². The minimum absolute atomic E-state index is 0.00502. The van der Waals surface area contributed by atoms with Crippen molar-refractivity contribution in [1.29, 1.82) is 0 Å². The molecule has 0 amide bonds. The van der Waals surface area contributed by atoms with E-state index in [0.29, 0.717) is 5.69 Å². The highest BCUT2D eigenvalue weighted by Gasteiger charge is 2.11. The molecule has 0 spiro atoms. The standard InChI is InChI=1S/C13H12FN3O3/c1-8-2-5-13(18)12(16-8)7-15-11-4-3-9(17(19)20)6-10(11)14/h2-6,15,18H,7H2,1H3. The normalized spacial score (nSPS) is 10.3. The van der Waals surface area contributed by atoms with E-state index >= 15 is 0 Å². The van der Waals surface area contributed by atoms with Gasteiger partial charge in [-0.2, -0.15) is 0 Å². The van der Waals surface area contributed by atoms with Crippen molar-refractivity contribution in [2.75, 3.05) is 5.32 Å². The van der Waals surface area contributed by atoms with Gasteiger partial charge in [0.25, 0.3) is 5.69 Å². The summed E-state index contributed by atoms with van der Waals surface area (Å²) in [5.41, 5.74) is 0.898. The van der Waals surface area contributed by atoms with Crippen molar-refractivity contribution in [2.24, 2.45) is 0 Å². The number of benzene rings is 1. The van der Waals surface area contributed by atoms with Gasteiger partial charge in [-0.05, 0) is 25.1 Å². The van der Waals surface area contributed by atoms with E-state index in [1.165, 1.54) is 18.2 Å². The van der Waals surface area contributed by atoms with E-state index in [1.54, 1.807) is 13.0 Å². The highest BCUT2D eigenvalue weighted by molar-refractivity contribution is 5.50. The highest BCUT2D eigenvalue weighted by Crippen LogP contribution is 2.22. The van der Waals surface area contributed by atoms with Gasteiger partial charge in [0.2, 0.25) is 0 Å². The summed E-state index contributed by atoms with van der Waals surface area (Å²) in [6.07, 6.45) is 0. The number of aryl methyl sites for hydroxylation is 1. The number of pyridine rings is 1. The van der Waals surface area contributed by atoms with Crippen LogP contribution in [0.5, 0.6) is 5.75 Å². The fourth-order valence-electron chi connectivity index (χ4n) is 1.67. The maximum absolute atomic E-state index is 13.6. The Bertz CT molecular complexity index is 661. The fourth-order valence-corrected chi connectivity index (χ4v) is 1.67. The Kier molecular flexibility index (Phi) is 3.79. The molecule has 1 aromatic carbocycles. The molecule has 1 heterocycles. The maximum atomic E-state index is 13.6. The molecule has 0 atom stereocenters. The number of non-ortho nitro benzene ring substituents is 1. The molecular weight excluding hydrogens is 265 g/mol. The van der Waals surface area contributed by atoms with Gasteiger partial charge in [0.05, 0.1) is 23.2 Å². The zero-order valence-electron chi connectivity index (χ0n) is 10.6. The molecule has 0 saturated heterocycles. The topological polar surface area (TPSA) is 88.3 Å². The zero-order valence-corrected chi connectivity index (χ0v) is 10.6. The zero-order chi connectivity index (χ0) is 14.7. The summed E-state index contributed by atoms with van der Waals surface area (Å²) in [5.74, 6) is -0.725. The Morgan fingerprint density at radius 3 is 2.80 bits per heavy atom. The number of halogens is 1. The molecule has 0 unspecified atom stereocenters. The smallest absolute Gasteiger partial charge is 0.272 e. The number of nitro benzene ring substituents is 1. The first-order chi connectivity index (χ1) is 9.47. The Morgan fingerprint density at radius 2 is 2.15 bits per heavy atom. The van der Waals surface area contributed by atoms with Gasteiger partial charge in [-0.25, -0.2) is 4.39 Å². The third-order valence-corrected chi connectivity index (χ3v) is 2.70. The average molecular weight is 277 g/mol.